The molecule has 0 radical (unpaired) electrons. The van der Waals surface area contributed by atoms with E-state index < -0.39 is 17.7 Å². The van der Waals surface area contributed by atoms with Crippen LogP contribution in [-0.2, 0) is 6.42 Å². The van der Waals surface area contributed by atoms with E-state index in [1.165, 1.54) is 11.6 Å². The van der Waals surface area contributed by atoms with Crippen molar-refractivity contribution in [1.82, 2.24) is 0 Å². The molecule has 0 heterocycles. The molecule has 0 saturated heterocycles. The maximum atomic E-state index is 13.6. The fraction of sp³-hybridized carbons (Fsp3) is 0.500. The number of allylic oxidation sites excluding steroid dienone is 2. The van der Waals surface area contributed by atoms with Crippen LogP contribution in [0.5, 0.6) is 0 Å². The molecule has 0 bridgehead atoms. The predicted molar refractivity (Wildman–Crippen MR) is 71.7 cm³/mol. The predicted octanol–water partition coefficient (Wildman–Crippen LogP) is 3.86. The number of benzene rings is 1. The average molecular weight is 266 g/mol. The van der Waals surface area contributed by atoms with E-state index in [1.54, 1.807) is 0 Å². The van der Waals surface area contributed by atoms with Crippen molar-refractivity contribution in [2.45, 2.75) is 39.2 Å². The van der Waals surface area contributed by atoms with Gasteiger partial charge in [-0.1, -0.05) is 18.6 Å². The van der Waals surface area contributed by atoms with E-state index in [0.717, 1.165) is 25.0 Å². The molecule has 1 N–H and O–H groups in total. The van der Waals surface area contributed by atoms with Crippen LogP contribution in [0.4, 0.5) is 8.78 Å². The lowest BCUT2D eigenvalue weighted by Crippen LogP contribution is -2.27. The molecule has 104 valence electrons. The Morgan fingerprint density at radius 3 is 2.79 bits per heavy atom. The van der Waals surface area contributed by atoms with E-state index in [0.29, 0.717) is 5.92 Å². The lowest BCUT2D eigenvalue weighted by Gasteiger charge is -2.29. The molecule has 1 nitrogen and oxygen atoms in total. The Labute approximate surface area is 113 Å². The summed E-state index contributed by atoms with van der Waals surface area (Å²) in [5.74, 6) is -0.346. The van der Waals surface area contributed by atoms with E-state index in [2.05, 4.69) is 19.9 Å². The second-order valence-electron chi connectivity index (χ2n) is 5.70. The van der Waals surface area contributed by atoms with Crippen LogP contribution >= 0.6 is 0 Å². The average Bonchev–Trinajstić information content (AvgIpc) is 2.32. The van der Waals surface area contributed by atoms with Crippen LogP contribution in [0, 0.1) is 23.5 Å². The van der Waals surface area contributed by atoms with Gasteiger partial charge in [-0.15, -0.1) is 0 Å². The summed E-state index contributed by atoms with van der Waals surface area (Å²) in [5, 5.41) is 10.3. The van der Waals surface area contributed by atoms with Crippen LogP contribution in [0.15, 0.2) is 29.8 Å². The first-order chi connectivity index (χ1) is 8.95. The first kappa shape index (κ1) is 14.2. The second kappa shape index (κ2) is 5.83. The van der Waals surface area contributed by atoms with Gasteiger partial charge >= 0.3 is 0 Å². The van der Waals surface area contributed by atoms with Gasteiger partial charge in [-0.3, -0.25) is 0 Å². The van der Waals surface area contributed by atoms with E-state index >= 15 is 0 Å². The quantitative estimate of drug-likeness (QED) is 0.824. The van der Waals surface area contributed by atoms with Crippen LogP contribution in [0.25, 0.3) is 0 Å². The van der Waals surface area contributed by atoms with Crippen molar-refractivity contribution >= 4 is 0 Å². The number of aliphatic hydroxyl groups excluding tert-OH is 1. The van der Waals surface area contributed by atoms with Gasteiger partial charge in [-0.25, -0.2) is 8.78 Å². The SMILES string of the molecule is CC1=CC(C)CC(C(O)Cc2cc(F)ccc2F)C1. The van der Waals surface area contributed by atoms with Gasteiger partial charge in [0.1, 0.15) is 11.6 Å². The summed E-state index contributed by atoms with van der Waals surface area (Å²) >= 11 is 0. The molecule has 2 rings (SSSR count). The molecule has 3 unspecified atom stereocenters. The molecule has 1 aromatic carbocycles. The summed E-state index contributed by atoms with van der Waals surface area (Å²) in [5.41, 5.74) is 1.52. The standard InChI is InChI=1S/C16H20F2O/c1-10-5-11(2)7-13(6-10)16(19)9-12-8-14(17)3-4-15(12)18/h3-5,8,10,13,16,19H,6-7,9H2,1-2H3. The fourth-order valence-electron chi connectivity index (χ4n) is 2.98. The van der Waals surface area contributed by atoms with E-state index in [-0.39, 0.29) is 17.9 Å². The first-order valence-corrected chi connectivity index (χ1v) is 6.75. The molecule has 3 atom stereocenters. The molecule has 1 aromatic rings. The maximum Gasteiger partial charge on any atom is 0.126 e. The minimum absolute atomic E-state index is 0.127. The van der Waals surface area contributed by atoms with Crippen LogP contribution in [0.1, 0.15) is 32.3 Å². The lowest BCUT2D eigenvalue weighted by molar-refractivity contribution is 0.0923. The van der Waals surface area contributed by atoms with Crippen molar-refractivity contribution in [3.8, 4) is 0 Å². The minimum atomic E-state index is -0.623. The topological polar surface area (TPSA) is 20.2 Å². The third kappa shape index (κ3) is 3.63. The highest BCUT2D eigenvalue weighted by Gasteiger charge is 2.25. The fourth-order valence-corrected chi connectivity index (χ4v) is 2.98. The largest absolute Gasteiger partial charge is 0.392 e. The van der Waals surface area contributed by atoms with Gasteiger partial charge < -0.3 is 5.11 Å². The van der Waals surface area contributed by atoms with E-state index in [9.17, 15) is 13.9 Å². The van der Waals surface area contributed by atoms with Crippen LogP contribution in [-0.4, -0.2) is 11.2 Å². The molecule has 0 aliphatic heterocycles. The van der Waals surface area contributed by atoms with Crippen molar-refractivity contribution in [1.29, 1.82) is 0 Å². The highest BCUT2D eigenvalue weighted by atomic mass is 19.1. The lowest BCUT2D eigenvalue weighted by atomic mass is 9.79. The van der Waals surface area contributed by atoms with Crippen molar-refractivity contribution in [3.63, 3.8) is 0 Å². The first-order valence-electron chi connectivity index (χ1n) is 6.75. The third-order valence-electron chi connectivity index (χ3n) is 3.81. The Morgan fingerprint density at radius 2 is 2.11 bits per heavy atom. The Morgan fingerprint density at radius 1 is 1.37 bits per heavy atom. The Bertz CT molecular complexity index is 482. The molecular weight excluding hydrogens is 246 g/mol. The smallest absolute Gasteiger partial charge is 0.126 e. The molecule has 1 aliphatic carbocycles. The Hall–Kier alpha value is -1.22. The number of aliphatic hydroxyl groups is 1. The van der Waals surface area contributed by atoms with Gasteiger partial charge in [-0.05, 0) is 55.4 Å². The minimum Gasteiger partial charge on any atom is -0.392 e. The number of halogens is 2. The van der Waals surface area contributed by atoms with Gasteiger partial charge in [0.2, 0.25) is 0 Å². The normalized spacial score (nSPS) is 25.0. The van der Waals surface area contributed by atoms with Crippen molar-refractivity contribution < 1.29 is 13.9 Å². The zero-order valence-electron chi connectivity index (χ0n) is 11.4. The zero-order chi connectivity index (χ0) is 14.0. The zero-order valence-corrected chi connectivity index (χ0v) is 11.4. The van der Waals surface area contributed by atoms with Gasteiger partial charge in [0.25, 0.3) is 0 Å². The van der Waals surface area contributed by atoms with E-state index in [4.69, 9.17) is 0 Å². The number of rotatable bonds is 3. The molecule has 3 heteroatoms. The van der Waals surface area contributed by atoms with E-state index in [1.807, 2.05) is 0 Å². The molecular formula is C16H20F2O. The molecule has 1 aliphatic rings. The molecule has 19 heavy (non-hydrogen) atoms. The van der Waals surface area contributed by atoms with Crippen molar-refractivity contribution in [2.24, 2.45) is 11.8 Å². The second-order valence-corrected chi connectivity index (χ2v) is 5.70. The molecule has 0 fully saturated rings. The molecule has 0 saturated carbocycles. The summed E-state index contributed by atoms with van der Waals surface area (Å²) in [6, 6.07) is 3.39. The number of hydrogen-bond donors (Lipinski definition) is 1. The van der Waals surface area contributed by atoms with Crippen LogP contribution < -0.4 is 0 Å². The van der Waals surface area contributed by atoms with Gasteiger partial charge in [0, 0.05) is 6.42 Å². The van der Waals surface area contributed by atoms with Gasteiger partial charge in [0.15, 0.2) is 0 Å². The summed E-state index contributed by atoms with van der Waals surface area (Å²) in [7, 11) is 0. The molecule has 0 spiro atoms. The highest BCUT2D eigenvalue weighted by Crippen LogP contribution is 2.31. The number of hydrogen-bond acceptors (Lipinski definition) is 1. The highest BCUT2D eigenvalue weighted by molar-refractivity contribution is 5.20. The molecule has 0 amide bonds. The summed E-state index contributed by atoms with van der Waals surface area (Å²) < 4.78 is 26.7. The van der Waals surface area contributed by atoms with Gasteiger partial charge in [0.05, 0.1) is 6.10 Å². The van der Waals surface area contributed by atoms with Gasteiger partial charge in [-0.2, -0.15) is 0 Å². The summed E-state index contributed by atoms with van der Waals surface area (Å²) in [6.07, 6.45) is 3.50. The Kier molecular flexibility index (Phi) is 4.35. The van der Waals surface area contributed by atoms with Crippen molar-refractivity contribution in [3.05, 3.63) is 47.0 Å². The van der Waals surface area contributed by atoms with Crippen LogP contribution in [0.3, 0.4) is 0 Å². The molecule has 0 aromatic heterocycles. The summed E-state index contributed by atoms with van der Waals surface area (Å²) in [6.45, 7) is 4.17. The van der Waals surface area contributed by atoms with Crippen LogP contribution in [0.2, 0.25) is 0 Å². The maximum absolute atomic E-state index is 13.6. The Balaban J connectivity index is 2.07. The monoisotopic (exact) mass is 266 g/mol. The summed E-state index contributed by atoms with van der Waals surface area (Å²) in [4.78, 5) is 0. The van der Waals surface area contributed by atoms with Crippen molar-refractivity contribution in [2.75, 3.05) is 0 Å². The third-order valence-corrected chi connectivity index (χ3v) is 3.81.